The first-order valence-corrected chi connectivity index (χ1v) is 6.18. The Morgan fingerprint density at radius 2 is 2.05 bits per heavy atom. The topological polar surface area (TPSA) is 55.1 Å². The lowest BCUT2D eigenvalue weighted by Crippen LogP contribution is -2.14. The fourth-order valence-corrected chi connectivity index (χ4v) is 1.68. The van der Waals surface area contributed by atoms with E-state index in [2.05, 4.69) is 11.9 Å². The second-order valence-electron chi connectivity index (χ2n) is 4.35. The van der Waals surface area contributed by atoms with Crippen LogP contribution in [0.25, 0.3) is 0 Å². The molecule has 0 fully saturated rings. The molecule has 0 saturated carbocycles. The van der Waals surface area contributed by atoms with Crippen LogP contribution in [0.3, 0.4) is 0 Å². The van der Waals surface area contributed by atoms with Crippen LogP contribution in [0.1, 0.15) is 30.4 Å². The molecule has 0 unspecified atom stereocenters. The van der Waals surface area contributed by atoms with Gasteiger partial charge in [-0.2, -0.15) is 13.2 Å². The minimum absolute atomic E-state index is 0.0245. The number of carbonyl (C=O) groups excluding carboxylic acids is 1. The number of carbonyl (C=O) groups is 1. The average molecular weight is 286 g/mol. The first kappa shape index (κ1) is 16.2. The number of unbranched alkanes of at least 4 members (excludes halogenated alkanes) is 1. The maximum absolute atomic E-state index is 12.7. The standard InChI is InChI=1S/C14H17F3N2O/c1-2-3-4-5-13(20)19-12-7-10(9-18)6-11(8-12)14(15,16)17/h2,6-8H,1,3-5,9,18H2,(H,19,20). The monoisotopic (exact) mass is 286 g/mol. The second kappa shape index (κ2) is 7.09. The van der Waals surface area contributed by atoms with Crippen molar-refractivity contribution in [1.82, 2.24) is 0 Å². The van der Waals surface area contributed by atoms with Gasteiger partial charge in [0.1, 0.15) is 0 Å². The molecule has 1 aromatic carbocycles. The van der Waals surface area contributed by atoms with Crippen LogP contribution in [0.4, 0.5) is 18.9 Å². The Morgan fingerprint density at radius 1 is 1.35 bits per heavy atom. The zero-order valence-corrected chi connectivity index (χ0v) is 11.0. The molecule has 0 radical (unpaired) electrons. The highest BCUT2D eigenvalue weighted by atomic mass is 19.4. The highest BCUT2D eigenvalue weighted by molar-refractivity contribution is 5.90. The molecule has 0 bridgehead atoms. The Kier molecular flexibility index (Phi) is 5.76. The SMILES string of the molecule is C=CCCCC(=O)Nc1cc(CN)cc(C(F)(F)F)c1. The fourth-order valence-electron chi connectivity index (χ4n) is 1.68. The van der Waals surface area contributed by atoms with E-state index in [1.54, 1.807) is 6.08 Å². The zero-order chi connectivity index (χ0) is 15.2. The number of hydrogen-bond donors (Lipinski definition) is 2. The Hall–Kier alpha value is -1.82. The summed E-state index contributed by atoms with van der Waals surface area (Å²) in [4.78, 5) is 11.6. The molecule has 0 aliphatic carbocycles. The molecule has 0 aliphatic rings. The van der Waals surface area contributed by atoms with Gasteiger partial charge in [0.2, 0.25) is 5.91 Å². The molecule has 1 aromatic rings. The number of hydrogen-bond acceptors (Lipinski definition) is 2. The Labute approximate surface area is 115 Å². The van der Waals surface area contributed by atoms with Crippen molar-refractivity contribution in [2.24, 2.45) is 5.73 Å². The number of anilines is 1. The highest BCUT2D eigenvalue weighted by Gasteiger charge is 2.31. The van der Waals surface area contributed by atoms with Crippen molar-refractivity contribution < 1.29 is 18.0 Å². The number of benzene rings is 1. The molecule has 0 aliphatic heterocycles. The van der Waals surface area contributed by atoms with Gasteiger partial charge in [-0.15, -0.1) is 6.58 Å². The summed E-state index contributed by atoms with van der Waals surface area (Å²) in [7, 11) is 0. The number of amides is 1. The van der Waals surface area contributed by atoms with Crippen molar-refractivity contribution in [2.75, 3.05) is 5.32 Å². The molecule has 0 heterocycles. The third-order valence-corrected chi connectivity index (χ3v) is 2.65. The van der Waals surface area contributed by atoms with E-state index in [0.717, 1.165) is 12.1 Å². The van der Waals surface area contributed by atoms with Gasteiger partial charge in [0.25, 0.3) is 0 Å². The molecule has 0 spiro atoms. The Bertz CT molecular complexity index is 484. The predicted octanol–water partition coefficient (Wildman–Crippen LogP) is 3.46. The van der Waals surface area contributed by atoms with Crippen molar-refractivity contribution >= 4 is 11.6 Å². The van der Waals surface area contributed by atoms with Gasteiger partial charge in [0, 0.05) is 18.7 Å². The summed E-state index contributed by atoms with van der Waals surface area (Å²) >= 11 is 0. The Balaban J connectivity index is 2.84. The van der Waals surface area contributed by atoms with Crippen LogP contribution in [0, 0.1) is 0 Å². The molecule has 1 rings (SSSR count). The summed E-state index contributed by atoms with van der Waals surface area (Å²) in [6, 6.07) is 3.33. The molecule has 3 nitrogen and oxygen atoms in total. The molecule has 3 N–H and O–H groups in total. The summed E-state index contributed by atoms with van der Waals surface area (Å²) in [6.45, 7) is 3.51. The zero-order valence-electron chi connectivity index (χ0n) is 11.0. The smallest absolute Gasteiger partial charge is 0.326 e. The lowest BCUT2D eigenvalue weighted by molar-refractivity contribution is -0.137. The van der Waals surface area contributed by atoms with Crippen LogP contribution in [0.15, 0.2) is 30.9 Å². The van der Waals surface area contributed by atoms with Gasteiger partial charge in [-0.1, -0.05) is 6.08 Å². The molecule has 1 amide bonds. The number of halogens is 3. The van der Waals surface area contributed by atoms with Gasteiger partial charge >= 0.3 is 6.18 Å². The van der Waals surface area contributed by atoms with E-state index in [9.17, 15) is 18.0 Å². The first-order valence-electron chi connectivity index (χ1n) is 6.18. The van der Waals surface area contributed by atoms with E-state index >= 15 is 0 Å². The van der Waals surface area contributed by atoms with Gasteiger partial charge in [0.05, 0.1) is 5.56 Å². The highest BCUT2D eigenvalue weighted by Crippen LogP contribution is 2.32. The van der Waals surface area contributed by atoms with Crippen LogP contribution in [-0.2, 0) is 17.5 Å². The summed E-state index contributed by atoms with van der Waals surface area (Å²) in [6.07, 6.45) is -1.25. The van der Waals surface area contributed by atoms with Gasteiger partial charge in [-0.3, -0.25) is 4.79 Å². The Morgan fingerprint density at radius 3 is 2.60 bits per heavy atom. The summed E-state index contributed by atoms with van der Waals surface area (Å²) in [5, 5.41) is 2.46. The van der Waals surface area contributed by atoms with Crippen molar-refractivity contribution in [1.29, 1.82) is 0 Å². The van der Waals surface area contributed by atoms with Crippen LogP contribution < -0.4 is 11.1 Å². The number of alkyl halides is 3. The molecule has 0 atom stereocenters. The van der Waals surface area contributed by atoms with E-state index < -0.39 is 11.7 Å². The minimum Gasteiger partial charge on any atom is -0.326 e. The van der Waals surface area contributed by atoms with Crippen molar-refractivity contribution in [2.45, 2.75) is 32.0 Å². The lowest BCUT2D eigenvalue weighted by Gasteiger charge is -2.12. The van der Waals surface area contributed by atoms with Crippen molar-refractivity contribution in [3.8, 4) is 0 Å². The van der Waals surface area contributed by atoms with E-state index in [1.165, 1.54) is 6.07 Å². The lowest BCUT2D eigenvalue weighted by atomic mass is 10.1. The van der Waals surface area contributed by atoms with E-state index in [0.29, 0.717) is 18.4 Å². The maximum Gasteiger partial charge on any atom is 0.416 e. The number of nitrogens with one attached hydrogen (secondary N) is 1. The van der Waals surface area contributed by atoms with Gasteiger partial charge in [0.15, 0.2) is 0 Å². The number of allylic oxidation sites excluding steroid dienone is 1. The maximum atomic E-state index is 12.7. The van der Waals surface area contributed by atoms with E-state index in [4.69, 9.17) is 5.73 Å². The van der Waals surface area contributed by atoms with Crippen molar-refractivity contribution in [3.63, 3.8) is 0 Å². The molecule has 110 valence electrons. The molecular formula is C14H17F3N2O. The number of rotatable bonds is 6. The molecule has 0 aromatic heterocycles. The van der Waals surface area contributed by atoms with Crippen LogP contribution in [-0.4, -0.2) is 5.91 Å². The molecule has 20 heavy (non-hydrogen) atoms. The average Bonchev–Trinajstić information content (AvgIpc) is 2.37. The summed E-state index contributed by atoms with van der Waals surface area (Å²) < 4.78 is 38.1. The predicted molar refractivity (Wildman–Crippen MR) is 72.0 cm³/mol. The van der Waals surface area contributed by atoms with Gasteiger partial charge in [-0.05, 0) is 36.6 Å². The fraction of sp³-hybridized carbons (Fsp3) is 0.357. The third-order valence-electron chi connectivity index (χ3n) is 2.65. The van der Waals surface area contributed by atoms with Crippen LogP contribution in [0.2, 0.25) is 0 Å². The van der Waals surface area contributed by atoms with Gasteiger partial charge < -0.3 is 11.1 Å². The quantitative estimate of drug-likeness (QED) is 0.621. The molecular weight excluding hydrogens is 269 g/mol. The number of nitrogens with two attached hydrogens (primary N) is 1. The normalized spacial score (nSPS) is 11.2. The van der Waals surface area contributed by atoms with E-state index in [-0.39, 0.29) is 24.6 Å². The largest absolute Gasteiger partial charge is 0.416 e. The first-order chi connectivity index (χ1) is 9.36. The van der Waals surface area contributed by atoms with Crippen LogP contribution >= 0.6 is 0 Å². The van der Waals surface area contributed by atoms with Crippen LogP contribution in [0.5, 0.6) is 0 Å². The summed E-state index contributed by atoms with van der Waals surface area (Å²) in [5.41, 5.74) is 4.99. The minimum atomic E-state index is -4.46. The van der Waals surface area contributed by atoms with Crippen molar-refractivity contribution in [3.05, 3.63) is 42.0 Å². The second-order valence-corrected chi connectivity index (χ2v) is 4.35. The third kappa shape index (κ3) is 5.05. The molecule has 0 saturated heterocycles. The van der Waals surface area contributed by atoms with E-state index in [1.807, 2.05) is 0 Å². The summed E-state index contributed by atoms with van der Waals surface area (Å²) in [5.74, 6) is -0.325. The molecule has 6 heteroatoms. The van der Waals surface area contributed by atoms with Gasteiger partial charge in [-0.25, -0.2) is 0 Å².